The monoisotopic (exact) mass is 550 g/mol. The summed E-state index contributed by atoms with van der Waals surface area (Å²) in [7, 11) is 1.48. The molecule has 39 heavy (non-hydrogen) atoms. The molecule has 0 amide bonds. The molecule has 7 N–H and O–H groups in total. The van der Waals surface area contributed by atoms with E-state index in [1.807, 2.05) is 12.2 Å². The highest BCUT2D eigenvalue weighted by Gasteiger charge is 2.47. The van der Waals surface area contributed by atoms with E-state index in [4.69, 9.17) is 23.7 Å². The second-order valence-electron chi connectivity index (χ2n) is 9.48. The molecule has 0 unspecified atom stereocenters. The van der Waals surface area contributed by atoms with Gasteiger partial charge in [0.1, 0.15) is 60.0 Å². The van der Waals surface area contributed by atoms with Gasteiger partial charge in [-0.25, -0.2) is 0 Å². The normalized spacial score (nSPS) is 35.2. The van der Waals surface area contributed by atoms with Crippen molar-refractivity contribution in [2.75, 3.05) is 13.7 Å². The summed E-state index contributed by atoms with van der Waals surface area (Å²) in [4.78, 5) is 0. The lowest BCUT2D eigenvalue weighted by molar-refractivity contribution is -0.318. The van der Waals surface area contributed by atoms with Crippen LogP contribution in [0.2, 0.25) is 0 Å². The minimum Gasteiger partial charge on any atom is -0.508 e. The molecule has 12 nitrogen and oxygen atoms in total. The predicted octanol–water partition coefficient (Wildman–Crippen LogP) is -0.398. The third-order valence-electron chi connectivity index (χ3n) is 6.71. The number of aromatic hydroxyl groups is 1. The summed E-state index contributed by atoms with van der Waals surface area (Å²) in [6, 6.07) is 11.6. The van der Waals surface area contributed by atoms with Crippen LogP contribution in [0.5, 0.6) is 17.2 Å². The van der Waals surface area contributed by atoms with Crippen molar-refractivity contribution >= 4 is 12.2 Å². The molecule has 214 valence electrons. The quantitative estimate of drug-likeness (QED) is 0.211. The van der Waals surface area contributed by atoms with Gasteiger partial charge >= 0.3 is 0 Å². The van der Waals surface area contributed by atoms with Crippen LogP contribution in [0, 0.1) is 0 Å². The van der Waals surface area contributed by atoms with Crippen LogP contribution < -0.4 is 9.47 Å². The molecule has 2 aliphatic rings. The summed E-state index contributed by atoms with van der Waals surface area (Å²) in [5.74, 6) is 0.863. The number of phenols is 1. The van der Waals surface area contributed by atoms with E-state index in [1.54, 1.807) is 42.5 Å². The first kappa shape index (κ1) is 29.2. The van der Waals surface area contributed by atoms with Crippen molar-refractivity contribution in [3.05, 3.63) is 53.6 Å². The highest BCUT2D eigenvalue weighted by Crippen LogP contribution is 2.31. The van der Waals surface area contributed by atoms with Crippen molar-refractivity contribution in [3.63, 3.8) is 0 Å². The van der Waals surface area contributed by atoms with Gasteiger partial charge in [0.05, 0.1) is 19.8 Å². The fraction of sp³-hybridized carbons (Fsp3) is 0.481. The number of hydrogen-bond acceptors (Lipinski definition) is 12. The van der Waals surface area contributed by atoms with Crippen LogP contribution in [0.3, 0.4) is 0 Å². The second kappa shape index (κ2) is 12.6. The molecule has 2 aliphatic heterocycles. The summed E-state index contributed by atoms with van der Waals surface area (Å²) in [5, 5.41) is 70.6. The van der Waals surface area contributed by atoms with Crippen LogP contribution in [0.25, 0.3) is 12.2 Å². The number of methoxy groups -OCH3 is 1. The zero-order valence-electron chi connectivity index (χ0n) is 21.3. The van der Waals surface area contributed by atoms with Crippen LogP contribution in [0.4, 0.5) is 0 Å². The van der Waals surface area contributed by atoms with Gasteiger partial charge in [0.25, 0.3) is 0 Å². The van der Waals surface area contributed by atoms with E-state index in [9.17, 15) is 35.7 Å². The Labute approximate surface area is 224 Å². The molecule has 0 radical (unpaired) electrons. The molecule has 2 saturated heterocycles. The van der Waals surface area contributed by atoms with Gasteiger partial charge in [-0.3, -0.25) is 0 Å². The van der Waals surface area contributed by atoms with Gasteiger partial charge < -0.3 is 59.4 Å². The molecule has 2 heterocycles. The number of phenolic OH excluding ortho intramolecular Hbond substituents is 1. The van der Waals surface area contributed by atoms with E-state index >= 15 is 0 Å². The average Bonchev–Trinajstić information content (AvgIpc) is 2.94. The maximum absolute atomic E-state index is 10.5. The Morgan fingerprint density at radius 2 is 1.44 bits per heavy atom. The third-order valence-corrected chi connectivity index (χ3v) is 6.71. The van der Waals surface area contributed by atoms with Gasteiger partial charge in [-0.2, -0.15) is 0 Å². The fourth-order valence-corrected chi connectivity index (χ4v) is 4.30. The van der Waals surface area contributed by atoms with E-state index in [2.05, 4.69) is 0 Å². The van der Waals surface area contributed by atoms with Crippen LogP contribution in [-0.2, 0) is 14.2 Å². The molecular weight excluding hydrogens is 516 g/mol. The summed E-state index contributed by atoms with van der Waals surface area (Å²) >= 11 is 0. The van der Waals surface area contributed by atoms with Crippen LogP contribution in [-0.4, -0.2) is 111 Å². The maximum Gasteiger partial charge on any atom is 0.229 e. The number of hydrogen-bond donors (Lipinski definition) is 7. The van der Waals surface area contributed by atoms with Gasteiger partial charge in [-0.05, 0) is 36.8 Å². The number of rotatable bonds is 8. The molecule has 4 rings (SSSR count). The van der Waals surface area contributed by atoms with Gasteiger partial charge in [-0.1, -0.05) is 24.3 Å². The van der Waals surface area contributed by atoms with Gasteiger partial charge in [0.2, 0.25) is 6.29 Å². The molecule has 10 atom stereocenters. The first-order valence-corrected chi connectivity index (χ1v) is 12.4. The number of benzene rings is 2. The van der Waals surface area contributed by atoms with E-state index in [0.717, 1.165) is 11.1 Å². The van der Waals surface area contributed by atoms with E-state index < -0.39 is 68.0 Å². The van der Waals surface area contributed by atoms with Crippen LogP contribution in [0.15, 0.2) is 42.5 Å². The fourth-order valence-electron chi connectivity index (χ4n) is 4.30. The van der Waals surface area contributed by atoms with Gasteiger partial charge in [0.15, 0.2) is 6.29 Å². The van der Waals surface area contributed by atoms with Gasteiger partial charge in [-0.15, -0.1) is 0 Å². The lowest BCUT2D eigenvalue weighted by Crippen LogP contribution is -2.61. The molecular formula is C27H34O12. The standard InChI is InChI=1S/C27H34O12/c1-13-20(29)22(31)24(33)26(37-13)36-12-19-21(30)23(32)25(34)27(39-19)38-17-10-7-15(18(11-17)35-2)6-3-14-4-8-16(28)9-5-14/h3-11,13,19-34H,12H2,1-2H3/b6-3+/t13-,19+,20-,21+,22+,23-,24+,25+,26+,27+/m0/s1. The molecule has 2 fully saturated rings. The Kier molecular flexibility index (Phi) is 9.43. The molecule has 0 spiro atoms. The predicted molar refractivity (Wildman–Crippen MR) is 136 cm³/mol. The maximum atomic E-state index is 10.5. The van der Waals surface area contributed by atoms with E-state index in [0.29, 0.717) is 5.75 Å². The van der Waals surface area contributed by atoms with Crippen LogP contribution >= 0.6 is 0 Å². The van der Waals surface area contributed by atoms with E-state index in [-0.39, 0.29) is 11.5 Å². The van der Waals surface area contributed by atoms with E-state index in [1.165, 1.54) is 14.0 Å². The molecule has 2 aromatic carbocycles. The highest BCUT2D eigenvalue weighted by atomic mass is 16.7. The molecule has 0 aromatic heterocycles. The third kappa shape index (κ3) is 6.69. The Morgan fingerprint density at radius 1 is 0.769 bits per heavy atom. The Bertz CT molecular complexity index is 1110. The van der Waals surface area contributed by atoms with Gasteiger partial charge in [0, 0.05) is 11.6 Å². The first-order valence-electron chi connectivity index (χ1n) is 12.4. The van der Waals surface area contributed by atoms with Crippen molar-refractivity contribution in [2.24, 2.45) is 0 Å². The lowest BCUT2D eigenvalue weighted by atomic mass is 9.98. The first-order chi connectivity index (χ1) is 18.6. The summed E-state index contributed by atoms with van der Waals surface area (Å²) in [5.41, 5.74) is 1.58. The largest absolute Gasteiger partial charge is 0.508 e. The Hall–Kier alpha value is -2.78. The van der Waals surface area contributed by atoms with Crippen molar-refractivity contribution in [1.82, 2.24) is 0 Å². The SMILES string of the molecule is COc1cc(O[C@@H]2O[C@H](CO[C@@H]3O[C@@H](C)[C@H](O)[C@@H](O)[C@H]3O)[C@@H](O)[C@H](O)[C@H]2O)ccc1/C=C/c1ccc(O)cc1. The van der Waals surface area contributed by atoms with Crippen molar-refractivity contribution in [3.8, 4) is 17.2 Å². The Balaban J connectivity index is 1.42. The van der Waals surface area contributed by atoms with Crippen LogP contribution in [0.1, 0.15) is 18.1 Å². The zero-order valence-corrected chi connectivity index (χ0v) is 21.3. The summed E-state index contributed by atoms with van der Waals surface area (Å²) in [6.07, 6.45) is -10.3. The average molecular weight is 551 g/mol. The topological polar surface area (TPSA) is 188 Å². The van der Waals surface area contributed by atoms with Crippen molar-refractivity contribution in [2.45, 2.75) is 68.3 Å². The number of aliphatic hydroxyl groups is 6. The highest BCUT2D eigenvalue weighted by molar-refractivity contribution is 5.73. The Morgan fingerprint density at radius 3 is 2.13 bits per heavy atom. The molecule has 0 aliphatic carbocycles. The van der Waals surface area contributed by atoms with Crippen molar-refractivity contribution < 1.29 is 59.4 Å². The smallest absolute Gasteiger partial charge is 0.229 e. The summed E-state index contributed by atoms with van der Waals surface area (Å²) in [6.45, 7) is 1.10. The molecule has 0 saturated carbocycles. The molecule has 12 heteroatoms. The minimum atomic E-state index is -1.64. The lowest BCUT2D eigenvalue weighted by Gasteiger charge is -2.42. The zero-order chi connectivity index (χ0) is 28.3. The summed E-state index contributed by atoms with van der Waals surface area (Å²) < 4.78 is 27.7. The molecule has 2 aromatic rings. The minimum absolute atomic E-state index is 0.165. The van der Waals surface area contributed by atoms with Crippen molar-refractivity contribution in [1.29, 1.82) is 0 Å². The number of aliphatic hydroxyl groups excluding tert-OH is 6. The second-order valence-corrected chi connectivity index (χ2v) is 9.48. The number of ether oxygens (including phenoxy) is 5. The molecule has 0 bridgehead atoms.